The topological polar surface area (TPSA) is 95.9 Å². The van der Waals surface area contributed by atoms with E-state index in [2.05, 4.69) is 5.32 Å². The Balaban J connectivity index is 1.63. The summed E-state index contributed by atoms with van der Waals surface area (Å²) in [5.41, 5.74) is 1.80. The number of phenolic OH excluding ortho intramolecular Hbond substituents is 1. The van der Waals surface area contributed by atoms with Crippen LogP contribution in [-0.2, 0) is 9.53 Å². The Morgan fingerprint density at radius 3 is 2.46 bits per heavy atom. The van der Waals surface area contributed by atoms with Crippen molar-refractivity contribution in [3.05, 3.63) is 64.6 Å². The third-order valence-electron chi connectivity index (χ3n) is 3.90. The van der Waals surface area contributed by atoms with E-state index in [9.17, 15) is 19.5 Å². The predicted octanol–water partition coefficient (Wildman–Crippen LogP) is 3.67. The molecule has 1 aliphatic heterocycles. The Labute approximate surface area is 166 Å². The minimum absolute atomic E-state index is 0.0103. The van der Waals surface area contributed by atoms with Crippen LogP contribution >= 0.6 is 11.8 Å². The fourth-order valence-corrected chi connectivity index (χ4v) is 3.31. The van der Waals surface area contributed by atoms with Crippen molar-refractivity contribution < 1.29 is 24.2 Å². The third kappa shape index (κ3) is 4.52. The van der Waals surface area contributed by atoms with Crippen LogP contribution in [0.2, 0.25) is 0 Å². The minimum Gasteiger partial charge on any atom is -0.508 e. The molecule has 0 atom stereocenters. The zero-order valence-electron chi connectivity index (χ0n) is 15.0. The van der Waals surface area contributed by atoms with E-state index in [1.165, 1.54) is 12.1 Å². The molecule has 0 aliphatic carbocycles. The molecular weight excluding hydrogens is 380 g/mol. The lowest BCUT2D eigenvalue weighted by Gasteiger charge is -2.14. The van der Waals surface area contributed by atoms with Gasteiger partial charge in [0, 0.05) is 5.69 Å². The van der Waals surface area contributed by atoms with Crippen LogP contribution in [0.4, 0.5) is 10.5 Å². The molecule has 28 heavy (non-hydrogen) atoms. The van der Waals surface area contributed by atoms with Gasteiger partial charge in [-0.1, -0.05) is 12.1 Å². The molecule has 7 nitrogen and oxygen atoms in total. The number of hydrogen-bond donors (Lipinski definition) is 2. The summed E-state index contributed by atoms with van der Waals surface area (Å²) in [7, 11) is 0. The second kappa shape index (κ2) is 8.62. The second-order valence-corrected chi connectivity index (χ2v) is 6.83. The average Bonchev–Trinajstić information content (AvgIpc) is 2.95. The summed E-state index contributed by atoms with van der Waals surface area (Å²) >= 11 is 0.863. The first-order valence-corrected chi connectivity index (χ1v) is 9.35. The number of hydrogen-bond acceptors (Lipinski definition) is 7. The number of aromatic hydroxyl groups is 1. The van der Waals surface area contributed by atoms with Crippen LogP contribution in [-0.4, -0.2) is 40.4 Å². The highest BCUT2D eigenvalue weighted by atomic mass is 32.2. The van der Waals surface area contributed by atoms with Crippen molar-refractivity contribution in [3.63, 3.8) is 0 Å². The maximum atomic E-state index is 12.5. The standard InChI is InChI=1S/C20H18N2O5S/c1-2-27-19(25)14-5-7-15(8-6-14)21-12-22-18(24)17(28-20(22)26)11-13-3-9-16(23)10-4-13/h3-11,21,23H,2,12H2,1H3/b17-11-. The van der Waals surface area contributed by atoms with Gasteiger partial charge in [0.1, 0.15) is 5.75 Å². The van der Waals surface area contributed by atoms with Gasteiger partial charge in [0.15, 0.2) is 0 Å². The molecule has 0 aromatic heterocycles. The molecule has 2 aromatic carbocycles. The van der Waals surface area contributed by atoms with Crippen molar-refractivity contribution in [2.75, 3.05) is 18.6 Å². The third-order valence-corrected chi connectivity index (χ3v) is 4.81. The molecule has 1 fully saturated rings. The molecule has 0 saturated carbocycles. The van der Waals surface area contributed by atoms with Crippen LogP contribution in [0.25, 0.3) is 6.08 Å². The number of esters is 1. The van der Waals surface area contributed by atoms with Crippen molar-refractivity contribution in [2.45, 2.75) is 6.92 Å². The maximum Gasteiger partial charge on any atom is 0.338 e. The second-order valence-electron chi connectivity index (χ2n) is 5.83. The van der Waals surface area contributed by atoms with Crippen LogP contribution < -0.4 is 5.32 Å². The Morgan fingerprint density at radius 2 is 1.82 bits per heavy atom. The lowest BCUT2D eigenvalue weighted by atomic mass is 10.2. The number of carbonyl (C=O) groups is 3. The molecule has 144 valence electrons. The highest BCUT2D eigenvalue weighted by Crippen LogP contribution is 2.32. The number of anilines is 1. The van der Waals surface area contributed by atoms with Gasteiger partial charge in [0.05, 0.1) is 23.7 Å². The molecule has 0 radical (unpaired) electrons. The summed E-state index contributed by atoms with van der Waals surface area (Å²) in [4.78, 5) is 37.7. The van der Waals surface area contributed by atoms with E-state index in [0.717, 1.165) is 16.7 Å². The van der Waals surface area contributed by atoms with Gasteiger partial charge in [-0.25, -0.2) is 4.79 Å². The smallest absolute Gasteiger partial charge is 0.338 e. The Kier molecular flexibility index (Phi) is 6.00. The van der Waals surface area contributed by atoms with E-state index in [-0.39, 0.29) is 17.7 Å². The number of nitrogens with zero attached hydrogens (tertiary/aromatic N) is 1. The number of benzene rings is 2. The molecule has 1 aliphatic rings. The molecule has 0 spiro atoms. The van der Waals surface area contributed by atoms with Crippen LogP contribution in [0, 0.1) is 0 Å². The van der Waals surface area contributed by atoms with Gasteiger partial charge in [-0.2, -0.15) is 0 Å². The zero-order chi connectivity index (χ0) is 20.1. The maximum absolute atomic E-state index is 12.5. The zero-order valence-corrected chi connectivity index (χ0v) is 15.9. The molecule has 0 unspecified atom stereocenters. The van der Waals surface area contributed by atoms with Crippen LogP contribution in [0.1, 0.15) is 22.8 Å². The van der Waals surface area contributed by atoms with E-state index < -0.39 is 11.9 Å². The van der Waals surface area contributed by atoms with E-state index >= 15 is 0 Å². The van der Waals surface area contributed by atoms with Crippen LogP contribution in [0.3, 0.4) is 0 Å². The van der Waals surface area contributed by atoms with Crippen molar-refractivity contribution in [2.24, 2.45) is 0 Å². The first-order chi connectivity index (χ1) is 13.5. The average molecular weight is 398 g/mol. The largest absolute Gasteiger partial charge is 0.508 e. The van der Waals surface area contributed by atoms with Gasteiger partial charge < -0.3 is 15.2 Å². The number of imide groups is 1. The van der Waals surface area contributed by atoms with Gasteiger partial charge in [0.25, 0.3) is 11.1 Å². The summed E-state index contributed by atoms with van der Waals surface area (Å²) in [6.45, 7) is 2.05. The molecule has 1 heterocycles. The highest BCUT2D eigenvalue weighted by Gasteiger charge is 2.34. The van der Waals surface area contributed by atoms with Crippen molar-refractivity contribution in [1.29, 1.82) is 0 Å². The Hall–Kier alpha value is -3.26. The fraction of sp³-hybridized carbons (Fsp3) is 0.150. The van der Waals surface area contributed by atoms with Gasteiger partial charge in [0.2, 0.25) is 0 Å². The molecule has 2 amide bonds. The summed E-state index contributed by atoms with van der Waals surface area (Å²) in [5.74, 6) is -0.665. The molecule has 2 N–H and O–H groups in total. The number of carbonyl (C=O) groups excluding carboxylic acids is 3. The van der Waals surface area contributed by atoms with Crippen LogP contribution in [0.5, 0.6) is 5.75 Å². The Morgan fingerprint density at radius 1 is 1.14 bits per heavy atom. The van der Waals surface area contributed by atoms with Crippen molar-refractivity contribution >= 4 is 40.6 Å². The number of nitrogens with one attached hydrogen (secondary N) is 1. The van der Waals surface area contributed by atoms with Gasteiger partial charge in [-0.15, -0.1) is 0 Å². The van der Waals surface area contributed by atoms with Crippen molar-refractivity contribution in [3.8, 4) is 5.75 Å². The fourth-order valence-electron chi connectivity index (χ4n) is 2.47. The van der Waals surface area contributed by atoms with E-state index in [1.54, 1.807) is 49.4 Å². The molecule has 2 aromatic rings. The lowest BCUT2D eigenvalue weighted by Crippen LogP contribution is -2.33. The number of phenols is 1. The number of amides is 2. The molecule has 1 saturated heterocycles. The first kappa shape index (κ1) is 19.5. The quantitative estimate of drug-likeness (QED) is 0.566. The minimum atomic E-state index is -0.403. The molecule has 3 rings (SSSR count). The molecular formula is C20H18N2O5S. The van der Waals surface area contributed by atoms with Gasteiger partial charge in [-0.05, 0) is 66.7 Å². The van der Waals surface area contributed by atoms with E-state index in [4.69, 9.17) is 4.74 Å². The summed E-state index contributed by atoms with van der Waals surface area (Å²) in [6, 6.07) is 12.9. The van der Waals surface area contributed by atoms with Crippen LogP contribution in [0.15, 0.2) is 53.4 Å². The number of ether oxygens (including phenoxy) is 1. The number of thioether (sulfide) groups is 1. The first-order valence-electron chi connectivity index (χ1n) is 8.53. The normalized spacial score (nSPS) is 15.2. The lowest BCUT2D eigenvalue weighted by molar-refractivity contribution is -0.122. The van der Waals surface area contributed by atoms with Gasteiger partial charge in [-0.3, -0.25) is 14.5 Å². The van der Waals surface area contributed by atoms with Crippen molar-refractivity contribution in [1.82, 2.24) is 4.90 Å². The Bertz CT molecular complexity index is 923. The molecule has 8 heteroatoms. The number of rotatable bonds is 6. The van der Waals surface area contributed by atoms with E-state index in [0.29, 0.717) is 28.3 Å². The highest BCUT2D eigenvalue weighted by molar-refractivity contribution is 8.18. The summed E-state index contributed by atoms with van der Waals surface area (Å²) < 4.78 is 4.92. The summed E-state index contributed by atoms with van der Waals surface area (Å²) in [6.07, 6.45) is 1.61. The van der Waals surface area contributed by atoms with Gasteiger partial charge >= 0.3 is 5.97 Å². The monoisotopic (exact) mass is 398 g/mol. The van der Waals surface area contributed by atoms with E-state index in [1.807, 2.05) is 0 Å². The SMILES string of the molecule is CCOC(=O)c1ccc(NCN2C(=O)S/C(=C\c3ccc(O)cc3)C2=O)cc1. The molecule has 0 bridgehead atoms. The summed E-state index contributed by atoms with van der Waals surface area (Å²) in [5, 5.41) is 11.9. The predicted molar refractivity (Wildman–Crippen MR) is 107 cm³/mol.